The predicted molar refractivity (Wildman–Crippen MR) is 121 cm³/mol. The summed E-state index contributed by atoms with van der Waals surface area (Å²) >= 11 is 0. The fourth-order valence-electron chi connectivity index (χ4n) is 7.66. The van der Waals surface area contributed by atoms with Crippen molar-refractivity contribution in [1.82, 2.24) is 0 Å². The molecule has 4 rings (SSSR count). The van der Waals surface area contributed by atoms with Crippen molar-refractivity contribution >= 4 is 11.9 Å². The van der Waals surface area contributed by atoms with Crippen LogP contribution in [0.25, 0.3) is 0 Å². The van der Waals surface area contributed by atoms with Crippen molar-refractivity contribution in [3.63, 3.8) is 0 Å². The van der Waals surface area contributed by atoms with E-state index >= 15 is 0 Å². The fourth-order valence-corrected chi connectivity index (χ4v) is 7.66. The van der Waals surface area contributed by atoms with Crippen molar-refractivity contribution in [2.24, 2.45) is 34.5 Å². The highest BCUT2D eigenvalue weighted by Crippen LogP contribution is 2.65. The normalized spacial score (nSPS) is 40.2. The minimum absolute atomic E-state index is 0.0597. The van der Waals surface area contributed by atoms with E-state index in [-0.39, 0.29) is 34.8 Å². The lowest BCUT2D eigenvalue weighted by Gasteiger charge is -2.58. The molecule has 4 aliphatic carbocycles. The van der Waals surface area contributed by atoms with Gasteiger partial charge < -0.3 is 9.47 Å². The van der Waals surface area contributed by atoms with Gasteiger partial charge in [-0.15, -0.1) is 0 Å². The largest absolute Gasteiger partial charge is 0.466 e. The maximum atomic E-state index is 11.6. The summed E-state index contributed by atoms with van der Waals surface area (Å²) in [5, 5.41) is 0. The second kappa shape index (κ2) is 8.26. The molecule has 7 atom stereocenters. The van der Waals surface area contributed by atoms with E-state index in [1.54, 1.807) is 6.08 Å². The van der Waals surface area contributed by atoms with Crippen molar-refractivity contribution in [3.05, 3.63) is 35.5 Å². The van der Waals surface area contributed by atoms with E-state index in [1.807, 2.05) is 6.08 Å². The van der Waals surface area contributed by atoms with Gasteiger partial charge in [0.2, 0.25) is 0 Å². The molecule has 0 N–H and O–H groups in total. The first-order valence-electron chi connectivity index (χ1n) is 12.0. The van der Waals surface area contributed by atoms with Crippen LogP contribution in [0, 0.1) is 34.5 Å². The molecule has 0 unspecified atom stereocenters. The van der Waals surface area contributed by atoms with Crippen LogP contribution in [0.2, 0.25) is 0 Å². The van der Waals surface area contributed by atoms with Gasteiger partial charge in [0.1, 0.15) is 6.10 Å². The molecule has 2 fully saturated rings. The van der Waals surface area contributed by atoms with Gasteiger partial charge in [-0.2, -0.15) is 0 Å². The molecule has 4 aliphatic rings. The molecule has 0 radical (unpaired) electrons. The maximum absolute atomic E-state index is 11.6. The Balaban J connectivity index is 1.52. The Morgan fingerprint density at radius 2 is 1.84 bits per heavy atom. The number of ether oxygens (including phenoxy) is 2. The molecule has 0 spiro atoms. The Hall–Kier alpha value is -1.84. The Morgan fingerprint density at radius 3 is 2.55 bits per heavy atom. The van der Waals surface area contributed by atoms with Crippen molar-refractivity contribution in [2.45, 2.75) is 78.7 Å². The first-order chi connectivity index (χ1) is 14.7. The Morgan fingerprint density at radius 1 is 1.10 bits per heavy atom. The second-order valence-electron chi connectivity index (χ2n) is 10.8. The number of esters is 2. The monoisotopic (exact) mass is 426 g/mol. The number of fused-ring (bicyclic) bond motifs is 5. The highest BCUT2D eigenvalue weighted by molar-refractivity contribution is 5.81. The summed E-state index contributed by atoms with van der Waals surface area (Å²) in [6.45, 7) is 8.68. The molecule has 0 amide bonds. The molecule has 0 aromatic carbocycles. The molecule has 31 heavy (non-hydrogen) atoms. The van der Waals surface area contributed by atoms with Crippen LogP contribution in [0.3, 0.4) is 0 Å². The van der Waals surface area contributed by atoms with Crippen LogP contribution < -0.4 is 0 Å². The topological polar surface area (TPSA) is 52.6 Å². The third kappa shape index (κ3) is 3.81. The van der Waals surface area contributed by atoms with Crippen molar-refractivity contribution in [3.8, 4) is 0 Å². The summed E-state index contributed by atoms with van der Waals surface area (Å²) < 4.78 is 10.3. The molecule has 0 aliphatic heterocycles. The Labute approximate surface area is 187 Å². The molecule has 2 saturated carbocycles. The summed E-state index contributed by atoms with van der Waals surface area (Å²) in [4.78, 5) is 23.0. The summed E-state index contributed by atoms with van der Waals surface area (Å²) in [6.07, 6.45) is 16.4. The van der Waals surface area contributed by atoms with Crippen LogP contribution in [0.5, 0.6) is 0 Å². The maximum Gasteiger partial charge on any atom is 0.330 e. The molecule has 0 saturated heterocycles. The molecule has 4 nitrogen and oxygen atoms in total. The molecule has 170 valence electrons. The van der Waals surface area contributed by atoms with Crippen LogP contribution in [0.1, 0.15) is 72.6 Å². The van der Waals surface area contributed by atoms with Gasteiger partial charge in [-0.3, -0.25) is 4.79 Å². The van der Waals surface area contributed by atoms with Crippen molar-refractivity contribution < 1.29 is 19.1 Å². The van der Waals surface area contributed by atoms with Gasteiger partial charge >= 0.3 is 11.9 Å². The SMILES string of the molecule is COC(=O)/C=C/[C@@H](C)C1=CC[C@H]2[C@@H]3CC=C4C[C@@H](OC(C)=O)CC[C@]4(C)[C@H]3CC[C@]12C. The third-order valence-corrected chi connectivity index (χ3v) is 9.24. The Bertz CT molecular complexity index is 836. The Kier molecular flexibility index (Phi) is 5.95. The zero-order chi connectivity index (χ0) is 22.4. The van der Waals surface area contributed by atoms with Gasteiger partial charge in [0, 0.05) is 19.4 Å². The lowest BCUT2D eigenvalue weighted by molar-refractivity contribution is -0.148. The van der Waals surface area contributed by atoms with E-state index in [4.69, 9.17) is 9.47 Å². The van der Waals surface area contributed by atoms with Crippen LogP contribution >= 0.6 is 0 Å². The summed E-state index contributed by atoms with van der Waals surface area (Å²) in [5.74, 6) is 1.93. The minimum Gasteiger partial charge on any atom is -0.466 e. The van der Waals surface area contributed by atoms with Gasteiger partial charge in [0.25, 0.3) is 0 Å². The van der Waals surface area contributed by atoms with E-state index in [0.717, 1.165) is 38.0 Å². The van der Waals surface area contributed by atoms with E-state index in [9.17, 15) is 9.59 Å². The first-order valence-corrected chi connectivity index (χ1v) is 12.0. The van der Waals surface area contributed by atoms with E-state index in [2.05, 4.69) is 32.9 Å². The van der Waals surface area contributed by atoms with Crippen molar-refractivity contribution in [2.75, 3.05) is 7.11 Å². The standard InChI is InChI=1S/C27H38O4/c1-17(6-11-25(29)30-5)22-9-10-23-21-8-7-19-16-20(31-18(2)28)12-14-26(19,3)24(21)13-15-27(22,23)4/h6-7,9,11,17,20-21,23-24H,8,10,12-16H2,1-5H3/b11-6+/t17-,20+,21+,23+,24+,26+,27-/m1/s1. The zero-order valence-corrected chi connectivity index (χ0v) is 19.8. The molecule has 0 heterocycles. The van der Waals surface area contributed by atoms with Gasteiger partial charge in [-0.1, -0.05) is 50.1 Å². The zero-order valence-electron chi connectivity index (χ0n) is 19.8. The molecule has 0 aromatic heterocycles. The number of carbonyl (C=O) groups is 2. The first kappa shape index (κ1) is 22.4. The molecule has 0 aromatic rings. The summed E-state index contributed by atoms with van der Waals surface area (Å²) in [7, 11) is 1.43. The van der Waals surface area contributed by atoms with Gasteiger partial charge in [0.15, 0.2) is 0 Å². The number of allylic oxidation sites excluding steroid dienone is 4. The third-order valence-electron chi connectivity index (χ3n) is 9.24. The quantitative estimate of drug-likeness (QED) is 0.325. The molecule has 0 bridgehead atoms. The fraction of sp³-hybridized carbons (Fsp3) is 0.704. The van der Waals surface area contributed by atoms with Gasteiger partial charge in [0.05, 0.1) is 7.11 Å². The number of hydrogen-bond donors (Lipinski definition) is 0. The average molecular weight is 427 g/mol. The summed E-state index contributed by atoms with van der Waals surface area (Å²) in [5.41, 5.74) is 3.52. The average Bonchev–Trinajstić information content (AvgIpc) is 3.09. The van der Waals surface area contributed by atoms with Crippen LogP contribution in [0.15, 0.2) is 35.5 Å². The number of rotatable bonds is 4. The number of methoxy groups -OCH3 is 1. The predicted octanol–water partition coefficient (Wildman–Crippen LogP) is 5.78. The lowest BCUT2D eigenvalue weighted by atomic mass is 9.47. The molecular formula is C27H38O4. The van der Waals surface area contributed by atoms with E-state index < -0.39 is 0 Å². The lowest BCUT2D eigenvalue weighted by Crippen LogP contribution is -2.50. The smallest absolute Gasteiger partial charge is 0.330 e. The van der Waals surface area contributed by atoms with Crippen LogP contribution in [-0.4, -0.2) is 25.2 Å². The van der Waals surface area contributed by atoms with Crippen LogP contribution in [-0.2, 0) is 19.1 Å². The van der Waals surface area contributed by atoms with Gasteiger partial charge in [-0.25, -0.2) is 4.79 Å². The number of hydrogen-bond acceptors (Lipinski definition) is 4. The van der Waals surface area contributed by atoms with Crippen molar-refractivity contribution in [1.29, 1.82) is 0 Å². The van der Waals surface area contributed by atoms with Crippen LogP contribution in [0.4, 0.5) is 0 Å². The highest BCUT2D eigenvalue weighted by Gasteiger charge is 2.57. The second-order valence-corrected chi connectivity index (χ2v) is 10.8. The molecular weight excluding hydrogens is 388 g/mol. The van der Waals surface area contributed by atoms with E-state index in [1.165, 1.54) is 38.0 Å². The van der Waals surface area contributed by atoms with Gasteiger partial charge in [-0.05, 0) is 73.0 Å². The highest BCUT2D eigenvalue weighted by atomic mass is 16.5. The molecule has 4 heteroatoms. The van der Waals surface area contributed by atoms with E-state index in [0.29, 0.717) is 11.8 Å². The summed E-state index contributed by atoms with van der Waals surface area (Å²) in [6, 6.07) is 0. The minimum atomic E-state index is -0.280. The number of carbonyl (C=O) groups excluding carboxylic acids is 2.